The van der Waals surface area contributed by atoms with Gasteiger partial charge >= 0.3 is 6.18 Å². The molecule has 222 valence electrons. The number of anilines is 2. The van der Waals surface area contributed by atoms with Gasteiger partial charge in [-0.25, -0.2) is 4.98 Å². The Morgan fingerprint density at radius 2 is 1.64 bits per heavy atom. The number of hydrogen-bond donors (Lipinski definition) is 4. The minimum absolute atomic E-state index is 0.114. The zero-order valence-electron chi connectivity index (χ0n) is 23.1. The lowest BCUT2D eigenvalue weighted by molar-refractivity contribution is -0.138. The fourth-order valence-electron chi connectivity index (χ4n) is 4.14. The Balaban J connectivity index is 1.58. The summed E-state index contributed by atoms with van der Waals surface area (Å²) in [6, 6.07) is 10.9. The Morgan fingerprint density at radius 3 is 2.31 bits per heavy atom. The van der Waals surface area contributed by atoms with Gasteiger partial charge in [0.2, 0.25) is 11.9 Å². The summed E-state index contributed by atoms with van der Waals surface area (Å²) < 4.78 is 41.5. The molecular formula is C29H28Cl2F3N5O3. The van der Waals surface area contributed by atoms with Gasteiger partial charge in [-0.05, 0) is 29.3 Å². The predicted octanol–water partition coefficient (Wildman–Crippen LogP) is 6.94. The van der Waals surface area contributed by atoms with Crippen LogP contribution in [0.5, 0.6) is 5.75 Å². The highest BCUT2D eigenvalue weighted by Crippen LogP contribution is 2.37. The maximum atomic E-state index is 13.3. The molecule has 0 aliphatic heterocycles. The van der Waals surface area contributed by atoms with E-state index in [9.17, 15) is 27.9 Å². The summed E-state index contributed by atoms with van der Waals surface area (Å²) in [6.07, 6.45) is -4.58. The molecule has 0 saturated carbocycles. The molecule has 1 heterocycles. The molecule has 4 N–H and O–H groups in total. The molecule has 0 radical (unpaired) electrons. The largest absolute Gasteiger partial charge is 0.507 e. The van der Waals surface area contributed by atoms with Gasteiger partial charge < -0.3 is 25.6 Å². The van der Waals surface area contributed by atoms with Crippen LogP contribution < -0.4 is 16.0 Å². The second-order valence-electron chi connectivity index (χ2n) is 10.6. The number of benzene rings is 3. The summed E-state index contributed by atoms with van der Waals surface area (Å²) in [5, 5.41) is 19.5. The maximum Gasteiger partial charge on any atom is 0.416 e. The molecule has 2 amide bonds. The number of carbonyl (C=O) groups is 2. The first-order chi connectivity index (χ1) is 19.6. The maximum absolute atomic E-state index is 13.3. The number of rotatable bonds is 7. The van der Waals surface area contributed by atoms with Crippen LogP contribution in [0.3, 0.4) is 0 Å². The standard InChI is InChI=1S/C29H28Cl2F3N5O3/c1-28(2,3)26(42)36-14-16-9-10-19(30)24(23(16)31)38-27-37-20-11-17(22(40)12-21(20)39(27)4)25(41)35-13-15-7-5-6-8-18(15)29(32,33)34/h5-12,40H,13-14H2,1-4H3,(H,35,41)(H,36,42)(H,37,38). The number of nitrogens with one attached hydrogen (secondary N) is 3. The van der Waals surface area contributed by atoms with Crippen LogP contribution in [0, 0.1) is 5.41 Å². The summed E-state index contributed by atoms with van der Waals surface area (Å²) in [5.41, 5.74) is 0.00891. The predicted molar refractivity (Wildman–Crippen MR) is 156 cm³/mol. The average molecular weight is 622 g/mol. The van der Waals surface area contributed by atoms with Crippen molar-refractivity contribution in [3.8, 4) is 5.75 Å². The van der Waals surface area contributed by atoms with Crippen molar-refractivity contribution in [2.75, 3.05) is 5.32 Å². The van der Waals surface area contributed by atoms with Crippen LogP contribution in [-0.2, 0) is 31.1 Å². The molecule has 0 atom stereocenters. The van der Waals surface area contributed by atoms with E-state index < -0.39 is 29.6 Å². The molecule has 4 rings (SSSR count). The van der Waals surface area contributed by atoms with E-state index in [1.54, 1.807) is 44.5 Å². The number of hydrogen-bond acceptors (Lipinski definition) is 5. The molecule has 0 aliphatic carbocycles. The van der Waals surface area contributed by atoms with Gasteiger partial charge in [-0.2, -0.15) is 13.2 Å². The third-order valence-corrected chi connectivity index (χ3v) is 7.28. The van der Waals surface area contributed by atoms with Crippen LogP contribution in [0.1, 0.15) is 47.8 Å². The molecule has 4 aromatic rings. The SMILES string of the molecule is Cn1c(Nc2c(Cl)ccc(CNC(=O)C(C)(C)C)c2Cl)nc2cc(C(=O)NCc3ccccc3C(F)(F)F)c(O)cc21. The smallest absolute Gasteiger partial charge is 0.416 e. The number of phenolic OH excluding ortho intramolecular Hbond substituents is 1. The van der Waals surface area contributed by atoms with Gasteiger partial charge in [0.15, 0.2) is 0 Å². The van der Waals surface area contributed by atoms with E-state index in [2.05, 4.69) is 20.9 Å². The molecule has 0 unspecified atom stereocenters. The first kappa shape index (κ1) is 31.0. The van der Waals surface area contributed by atoms with Crippen molar-refractivity contribution in [2.24, 2.45) is 12.5 Å². The summed E-state index contributed by atoms with van der Waals surface area (Å²) in [6.45, 7) is 5.16. The number of aromatic nitrogens is 2. The van der Waals surface area contributed by atoms with E-state index in [0.29, 0.717) is 27.3 Å². The van der Waals surface area contributed by atoms with E-state index in [1.165, 1.54) is 30.3 Å². The van der Waals surface area contributed by atoms with Crippen molar-refractivity contribution in [2.45, 2.75) is 40.0 Å². The van der Waals surface area contributed by atoms with Crippen molar-refractivity contribution < 1.29 is 27.9 Å². The van der Waals surface area contributed by atoms with Gasteiger partial charge in [0, 0.05) is 31.6 Å². The number of imidazole rings is 1. The average Bonchev–Trinajstić information content (AvgIpc) is 3.21. The monoisotopic (exact) mass is 621 g/mol. The highest BCUT2D eigenvalue weighted by atomic mass is 35.5. The third-order valence-electron chi connectivity index (χ3n) is 6.53. The zero-order valence-corrected chi connectivity index (χ0v) is 24.6. The second-order valence-corrected chi connectivity index (χ2v) is 11.4. The number of carbonyl (C=O) groups excluding carboxylic acids is 2. The normalized spacial score (nSPS) is 11.9. The lowest BCUT2D eigenvalue weighted by Gasteiger charge is -2.19. The molecule has 0 saturated heterocycles. The van der Waals surface area contributed by atoms with Gasteiger partial charge in [0.05, 0.1) is 37.9 Å². The van der Waals surface area contributed by atoms with Crippen molar-refractivity contribution in [3.05, 3.63) is 80.8 Å². The number of fused-ring (bicyclic) bond motifs is 1. The van der Waals surface area contributed by atoms with Crippen LogP contribution in [-0.4, -0.2) is 26.5 Å². The van der Waals surface area contributed by atoms with E-state index in [1.807, 2.05) is 0 Å². The van der Waals surface area contributed by atoms with Gasteiger partial charge in [-0.15, -0.1) is 0 Å². The summed E-state index contributed by atoms with van der Waals surface area (Å²) in [7, 11) is 1.67. The fraction of sp³-hybridized carbons (Fsp3) is 0.276. The molecule has 0 bridgehead atoms. The number of aryl methyl sites for hydroxylation is 1. The minimum Gasteiger partial charge on any atom is -0.507 e. The molecule has 3 aromatic carbocycles. The first-order valence-corrected chi connectivity index (χ1v) is 13.5. The van der Waals surface area contributed by atoms with Gasteiger partial charge in [-0.1, -0.05) is 68.2 Å². The summed E-state index contributed by atoms with van der Waals surface area (Å²) in [4.78, 5) is 29.7. The summed E-state index contributed by atoms with van der Waals surface area (Å²) >= 11 is 13.1. The van der Waals surface area contributed by atoms with E-state index in [4.69, 9.17) is 23.2 Å². The van der Waals surface area contributed by atoms with Crippen molar-refractivity contribution in [1.29, 1.82) is 0 Å². The molecule has 42 heavy (non-hydrogen) atoms. The lowest BCUT2D eigenvalue weighted by Crippen LogP contribution is -2.34. The van der Waals surface area contributed by atoms with Crippen molar-refractivity contribution in [1.82, 2.24) is 20.2 Å². The highest BCUT2D eigenvalue weighted by Gasteiger charge is 2.33. The number of nitrogens with zero attached hydrogens (tertiary/aromatic N) is 2. The van der Waals surface area contributed by atoms with Crippen LogP contribution in [0.4, 0.5) is 24.8 Å². The molecular weight excluding hydrogens is 594 g/mol. The van der Waals surface area contributed by atoms with Crippen LogP contribution in [0.25, 0.3) is 11.0 Å². The highest BCUT2D eigenvalue weighted by molar-refractivity contribution is 6.39. The Bertz CT molecular complexity index is 1680. The Kier molecular flexibility index (Phi) is 8.65. The number of halogens is 5. The topological polar surface area (TPSA) is 108 Å². The lowest BCUT2D eigenvalue weighted by atomic mass is 9.95. The quantitative estimate of drug-likeness (QED) is 0.179. The van der Waals surface area contributed by atoms with Crippen LogP contribution >= 0.6 is 23.2 Å². The Morgan fingerprint density at radius 1 is 0.976 bits per heavy atom. The molecule has 0 spiro atoms. The number of phenols is 1. The number of aromatic hydroxyl groups is 1. The van der Waals surface area contributed by atoms with E-state index >= 15 is 0 Å². The van der Waals surface area contributed by atoms with Crippen molar-refractivity contribution in [3.63, 3.8) is 0 Å². The van der Waals surface area contributed by atoms with E-state index in [-0.39, 0.29) is 40.3 Å². The number of alkyl halides is 3. The summed E-state index contributed by atoms with van der Waals surface area (Å²) in [5.74, 6) is -1.03. The van der Waals surface area contributed by atoms with Gasteiger partial charge in [-0.3, -0.25) is 9.59 Å². The zero-order chi connectivity index (χ0) is 31.0. The molecule has 8 nitrogen and oxygen atoms in total. The molecule has 0 fully saturated rings. The molecule has 1 aromatic heterocycles. The first-order valence-electron chi connectivity index (χ1n) is 12.7. The van der Waals surface area contributed by atoms with Crippen LogP contribution in [0.2, 0.25) is 10.0 Å². The van der Waals surface area contributed by atoms with Gasteiger partial charge in [0.1, 0.15) is 5.75 Å². The van der Waals surface area contributed by atoms with Crippen molar-refractivity contribution >= 4 is 57.7 Å². The van der Waals surface area contributed by atoms with Crippen LogP contribution in [0.15, 0.2) is 48.5 Å². The second kappa shape index (κ2) is 11.7. The molecule has 0 aliphatic rings. The minimum atomic E-state index is -4.58. The Labute approximate surface area is 249 Å². The number of amides is 2. The van der Waals surface area contributed by atoms with E-state index in [0.717, 1.165) is 6.07 Å². The third kappa shape index (κ3) is 6.57. The Hall–Kier alpha value is -3.96. The molecule has 13 heteroatoms. The fourth-order valence-corrected chi connectivity index (χ4v) is 4.67. The van der Waals surface area contributed by atoms with Gasteiger partial charge in [0.25, 0.3) is 5.91 Å².